The SMILES string of the molecule is CC(C)(C)OC(=O)N1CCCCC1CS(=O)(=O)c1ccc(OC(F)F)nc1. The van der Waals surface area contributed by atoms with E-state index in [1.165, 1.54) is 11.0 Å². The van der Waals surface area contributed by atoms with E-state index in [1.54, 1.807) is 20.8 Å². The highest BCUT2D eigenvalue weighted by Gasteiger charge is 2.34. The Morgan fingerprint density at radius 1 is 1.33 bits per heavy atom. The molecule has 1 aromatic rings. The lowest BCUT2D eigenvalue weighted by Gasteiger charge is -2.36. The molecule has 1 saturated heterocycles. The summed E-state index contributed by atoms with van der Waals surface area (Å²) in [7, 11) is -3.77. The van der Waals surface area contributed by atoms with Crippen LogP contribution in [0.25, 0.3) is 0 Å². The number of hydrogen-bond donors (Lipinski definition) is 0. The van der Waals surface area contributed by atoms with E-state index >= 15 is 0 Å². The number of sulfone groups is 1. The van der Waals surface area contributed by atoms with Crippen molar-refractivity contribution in [3.8, 4) is 5.88 Å². The van der Waals surface area contributed by atoms with Crippen LogP contribution in [0.3, 0.4) is 0 Å². The first-order chi connectivity index (χ1) is 12.5. The maximum atomic E-state index is 12.7. The van der Waals surface area contributed by atoms with Gasteiger partial charge < -0.3 is 14.4 Å². The number of piperidine rings is 1. The standard InChI is InChI=1S/C17H24F2N2O5S/c1-17(2,3)26-16(22)21-9-5-4-6-12(21)11-27(23,24)13-7-8-14(20-10-13)25-15(18)19/h7-8,10,12,15H,4-6,9,11H2,1-3H3. The zero-order chi connectivity index (χ0) is 20.2. The van der Waals surface area contributed by atoms with Crippen LogP contribution in [0.15, 0.2) is 23.2 Å². The third-order valence-corrected chi connectivity index (χ3v) is 5.73. The number of rotatable bonds is 5. The number of carbonyl (C=O) groups excluding carboxylic acids is 1. The lowest BCUT2D eigenvalue weighted by atomic mass is 10.0. The molecule has 27 heavy (non-hydrogen) atoms. The molecule has 0 aliphatic carbocycles. The molecule has 0 radical (unpaired) electrons. The largest absolute Gasteiger partial charge is 0.444 e. The van der Waals surface area contributed by atoms with Gasteiger partial charge in [-0.3, -0.25) is 0 Å². The van der Waals surface area contributed by atoms with Gasteiger partial charge in [-0.25, -0.2) is 18.2 Å². The Bertz CT molecular complexity index is 748. The normalized spacial score (nSPS) is 18.4. The van der Waals surface area contributed by atoms with Gasteiger partial charge in [0.15, 0.2) is 9.84 Å². The van der Waals surface area contributed by atoms with Crippen LogP contribution in [-0.4, -0.2) is 54.9 Å². The number of hydrogen-bond acceptors (Lipinski definition) is 6. The Kier molecular flexibility index (Phi) is 6.61. The molecule has 10 heteroatoms. The van der Waals surface area contributed by atoms with Crippen LogP contribution in [0.2, 0.25) is 0 Å². The lowest BCUT2D eigenvalue weighted by molar-refractivity contribution is -0.0529. The third-order valence-electron chi connectivity index (χ3n) is 3.95. The molecule has 0 bridgehead atoms. The van der Waals surface area contributed by atoms with Crippen molar-refractivity contribution < 1.29 is 31.5 Å². The summed E-state index contributed by atoms with van der Waals surface area (Å²) < 4.78 is 59.2. The Balaban J connectivity index is 2.12. The molecular weight excluding hydrogens is 382 g/mol. The van der Waals surface area contributed by atoms with E-state index < -0.39 is 34.2 Å². The minimum Gasteiger partial charge on any atom is -0.444 e. The quantitative estimate of drug-likeness (QED) is 0.746. The molecular formula is C17H24F2N2O5S. The molecule has 2 heterocycles. The number of carbonyl (C=O) groups is 1. The average molecular weight is 406 g/mol. The van der Waals surface area contributed by atoms with Gasteiger partial charge in [0.05, 0.1) is 10.6 Å². The van der Waals surface area contributed by atoms with Crippen molar-refractivity contribution >= 4 is 15.9 Å². The number of ether oxygens (including phenoxy) is 2. The minimum atomic E-state index is -3.77. The fraction of sp³-hybridized carbons (Fsp3) is 0.647. The Morgan fingerprint density at radius 2 is 2.04 bits per heavy atom. The van der Waals surface area contributed by atoms with Crippen molar-refractivity contribution in [1.29, 1.82) is 0 Å². The molecule has 1 unspecified atom stereocenters. The second-order valence-corrected chi connectivity index (χ2v) is 9.35. The highest BCUT2D eigenvalue weighted by atomic mass is 32.2. The molecule has 0 N–H and O–H groups in total. The van der Waals surface area contributed by atoms with Gasteiger partial charge in [0.25, 0.3) is 0 Å². The zero-order valence-electron chi connectivity index (χ0n) is 15.5. The molecule has 1 fully saturated rings. The number of pyridine rings is 1. The van der Waals surface area contributed by atoms with Gasteiger partial charge in [-0.05, 0) is 46.1 Å². The topological polar surface area (TPSA) is 85.8 Å². The van der Waals surface area contributed by atoms with E-state index in [-0.39, 0.29) is 16.5 Å². The fourth-order valence-corrected chi connectivity index (χ4v) is 4.33. The van der Waals surface area contributed by atoms with Crippen LogP contribution in [0.5, 0.6) is 5.88 Å². The number of halogens is 2. The summed E-state index contributed by atoms with van der Waals surface area (Å²) in [5.41, 5.74) is -0.678. The summed E-state index contributed by atoms with van der Waals surface area (Å²) >= 11 is 0. The minimum absolute atomic E-state index is 0.112. The maximum absolute atomic E-state index is 12.7. The van der Waals surface area contributed by atoms with Crippen molar-refractivity contribution in [2.75, 3.05) is 12.3 Å². The number of likely N-dealkylation sites (tertiary alicyclic amines) is 1. The molecule has 1 aliphatic heterocycles. The van der Waals surface area contributed by atoms with Crippen molar-refractivity contribution in [1.82, 2.24) is 9.88 Å². The van der Waals surface area contributed by atoms with Crippen LogP contribution in [0.1, 0.15) is 40.0 Å². The van der Waals surface area contributed by atoms with Crippen molar-refractivity contribution in [2.45, 2.75) is 63.2 Å². The van der Waals surface area contributed by atoms with E-state index in [0.717, 1.165) is 25.1 Å². The predicted octanol–water partition coefficient (Wildman–Crippen LogP) is 3.25. The highest BCUT2D eigenvalue weighted by molar-refractivity contribution is 7.91. The van der Waals surface area contributed by atoms with Crippen LogP contribution in [0, 0.1) is 0 Å². The van der Waals surface area contributed by atoms with Gasteiger partial charge in [0.2, 0.25) is 5.88 Å². The first kappa shape index (κ1) is 21.3. The van der Waals surface area contributed by atoms with Crippen molar-refractivity contribution in [3.63, 3.8) is 0 Å². The summed E-state index contributed by atoms with van der Waals surface area (Å²) in [6.07, 6.45) is 2.56. The molecule has 1 amide bonds. The number of alkyl halides is 2. The number of nitrogens with zero attached hydrogens (tertiary/aromatic N) is 2. The van der Waals surface area contributed by atoms with Gasteiger partial charge in [-0.1, -0.05) is 0 Å². The van der Waals surface area contributed by atoms with Crippen molar-refractivity contribution in [3.05, 3.63) is 18.3 Å². The van der Waals surface area contributed by atoms with Gasteiger partial charge in [-0.15, -0.1) is 0 Å². The van der Waals surface area contributed by atoms with Gasteiger partial charge in [0.1, 0.15) is 5.60 Å². The molecule has 0 saturated carbocycles. The van der Waals surface area contributed by atoms with E-state index in [9.17, 15) is 22.0 Å². The van der Waals surface area contributed by atoms with E-state index in [1.807, 2.05) is 0 Å². The molecule has 1 atom stereocenters. The maximum Gasteiger partial charge on any atom is 0.410 e. The van der Waals surface area contributed by atoms with Gasteiger partial charge >= 0.3 is 12.7 Å². The molecule has 0 spiro atoms. The third kappa shape index (κ3) is 6.30. The van der Waals surface area contributed by atoms with Crippen LogP contribution < -0.4 is 4.74 Å². The molecule has 7 nitrogen and oxygen atoms in total. The summed E-state index contributed by atoms with van der Waals surface area (Å²) in [5.74, 6) is -0.653. The van der Waals surface area contributed by atoms with Gasteiger partial charge in [-0.2, -0.15) is 8.78 Å². The lowest BCUT2D eigenvalue weighted by Crippen LogP contribution is -2.48. The summed E-state index contributed by atoms with van der Waals surface area (Å²) in [6.45, 7) is 2.62. The zero-order valence-corrected chi connectivity index (χ0v) is 16.3. The second kappa shape index (κ2) is 8.37. The van der Waals surface area contributed by atoms with E-state index in [4.69, 9.17) is 4.74 Å². The molecule has 2 rings (SSSR count). The predicted molar refractivity (Wildman–Crippen MR) is 93.5 cm³/mol. The molecule has 1 aliphatic rings. The first-order valence-electron chi connectivity index (χ1n) is 8.61. The van der Waals surface area contributed by atoms with Crippen LogP contribution in [-0.2, 0) is 14.6 Å². The average Bonchev–Trinajstić information content (AvgIpc) is 2.53. The monoisotopic (exact) mass is 406 g/mol. The van der Waals surface area contributed by atoms with Crippen LogP contribution >= 0.6 is 0 Å². The summed E-state index contributed by atoms with van der Waals surface area (Å²) in [4.78, 5) is 17.3. The smallest absolute Gasteiger partial charge is 0.410 e. The summed E-state index contributed by atoms with van der Waals surface area (Å²) in [6, 6.07) is 1.72. The van der Waals surface area contributed by atoms with Crippen LogP contribution in [0.4, 0.5) is 13.6 Å². The first-order valence-corrected chi connectivity index (χ1v) is 10.3. The number of amides is 1. The Morgan fingerprint density at radius 3 is 2.59 bits per heavy atom. The Labute approximate surface area is 157 Å². The molecule has 152 valence electrons. The van der Waals surface area contributed by atoms with E-state index in [0.29, 0.717) is 13.0 Å². The molecule has 1 aromatic heterocycles. The van der Waals surface area contributed by atoms with Crippen molar-refractivity contribution in [2.24, 2.45) is 0 Å². The second-order valence-electron chi connectivity index (χ2n) is 7.32. The van der Waals surface area contributed by atoms with E-state index in [2.05, 4.69) is 9.72 Å². The number of aromatic nitrogens is 1. The Hall–Kier alpha value is -1.97. The van der Waals surface area contributed by atoms with Gasteiger partial charge in [0, 0.05) is 24.8 Å². The highest BCUT2D eigenvalue weighted by Crippen LogP contribution is 2.24. The summed E-state index contributed by atoms with van der Waals surface area (Å²) in [5, 5.41) is 0. The fourth-order valence-electron chi connectivity index (χ4n) is 2.80. The molecule has 0 aromatic carbocycles.